The third-order valence-electron chi connectivity index (χ3n) is 4.55. The molecular weight excluding hydrogens is 338 g/mol. The first-order valence-electron chi connectivity index (χ1n) is 8.55. The Labute approximate surface area is 151 Å². The van der Waals surface area contributed by atoms with Crippen molar-refractivity contribution in [2.75, 3.05) is 19.6 Å². The van der Waals surface area contributed by atoms with Crippen molar-refractivity contribution in [3.8, 4) is 10.8 Å². The standard InChI is InChI=1S/C18H23N3O3S/c1-12-15(20-18(24-12)16-4-3-9-25-16)10-17(23)21-7-5-14(6-8-21)11-19-13(2)22/h3-4,9,14H,5-8,10-11H2,1-2H3,(H,19,22). The van der Waals surface area contributed by atoms with E-state index in [0.29, 0.717) is 29.8 Å². The van der Waals surface area contributed by atoms with E-state index in [-0.39, 0.29) is 18.2 Å². The van der Waals surface area contributed by atoms with E-state index in [1.807, 2.05) is 29.3 Å². The van der Waals surface area contributed by atoms with Crippen molar-refractivity contribution in [2.45, 2.75) is 33.1 Å². The Kier molecular flexibility index (Phi) is 5.53. The van der Waals surface area contributed by atoms with E-state index in [1.54, 1.807) is 11.3 Å². The number of carbonyl (C=O) groups excluding carboxylic acids is 2. The van der Waals surface area contributed by atoms with Gasteiger partial charge in [-0.15, -0.1) is 11.3 Å². The van der Waals surface area contributed by atoms with Crippen molar-refractivity contribution in [1.29, 1.82) is 0 Å². The van der Waals surface area contributed by atoms with Gasteiger partial charge in [-0.3, -0.25) is 9.59 Å². The number of rotatable bonds is 5. The zero-order valence-corrected chi connectivity index (χ0v) is 15.4. The van der Waals surface area contributed by atoms with Gasteiger partial charge in [0.2, 0.25) is 17.7 Å². The lowest BCUT2D eigenvalue weighted by Crippen LogP contribution is -2.42. The van der Waals surface area contributed by atoms with Gasteiger partial charge in [0, 0.05) is 26.6 Å². The topological polar surface area (TPSA) is 75.4 Å². The summed E-state index contributed by atoms with van der Waals surface area (Å²) in [6, 6.07) is 3.91. The highest BCUT2D eigenvalue weighted by atomic mass is 32.1. The van der Waals surface area contributed by atoms with Crippen LogP contribution in [0.1, 0.15) is 31.2 Å². The molecule has 0 aliphatic carbocycles. The van der Waals surface area contributed by atoms with Gasteiger partial charge < -0.3 is 14.6 Å². The third kappa shape index (κ3) is 4.48. The fourth-order valence-corrected chi connectivity index (χ4v) is 3.68. The molecule has 134 valence electrons. The highest BCUT2D eigenvalue weighted by Crippen LogP contribution is 2.26. The van der Waals surface area contributed by atoms with Gasteiger partial charge >= 0.3 is 0 Å². The molecule has 3 rings (SSSR count). The van der Waals surface area contributed by atoms with Crippen LogP contribution in [0.4, 0.5) is 0 Å². The quantitative estimate of drug-likeness (QED) is 0.888. The summed E-state index contributed by atoms with van der Waals surface area (Å²) in [5, 5.41) is 4.84. The molecule has 2 amide bonds. The lowest BCUT2D eigenvalue weighted by atomic mass is 9.96. The van der Waals surface area contributed by atoms with Crippen LogP contribution >= 0.6 is 11.3 Å². The second kappa shape index (κ2) is 7.82. The number of aryl methyl sites for hydroxylation is 1. The average molecular weight is 361 g/mol. The van der Waals surface area contributed by atoms with Gasteiger partial charge in [-0.2, -0.15) is 0 Å². The molecule has 1 aliphatic rings. The van der Waals surface area contributed by atoms with Crippen LogP contribution in [-0.2, 0) is 16.0 Å². The van der Waals surface area contributed by atoms with Crippen molar-refractivity contribution < 1.29 is 14.0 Å². The second-order valence-corrected chi connectivity index (χ2v) is 7.38. The molecular formula is C18H23N3O3S. The van der Waals surface area contributed by atoms with E-state index >= 15 is 0 Å². The summed E-state index contributed by atoms with van der Waals surface area (Å²) >= 11 is 1.57. The smallest absolute Gasteiger partial charge is 0.236 e. The summed E-state index contributed by atoms with van der Waals surface area (Å²) in [5.41, 5.74) is 0.716. The molecule has 25 heavy (non-hydrogen) atoms. The number of thiophene rings is 1. The minimum Gasteiger partial charge on any atom is -0.440 e. The summed E-state index contributed by atoms with van der Waals surface area (Å²) in [7, 11) is 0. The van der Waals surface area contributed by atoms with Crippen LogP contribution in [-0.4, -0.2) is 41.3 Å². The lowest BCUT2D eigenvalue weighted by Gasteiger charge is -2.32. The van der Waals surface area contributed by atoms with E-state index in [1.165, 1.54) is 6.92 Å². The Balaban J connectivity index is 1.54. The number of nitrogens with one attached hydrogen (secondary N) is 1. The van der Waals surface area contributed by atoms with Gasteiger partial charge in [-0.25, -0.2) is 4.98 Å². The number of likely N-dealkylation sites (tertiary alicyclic amines) is 1. The Morgan fingerprint density at radius 1 is 1.40 bits per heavy atom. The maximum absolute atomic E-state index is 12.6. The molecule has 1 aliphatic heterocycles. The first-order valence-corrected chi connectivity index (χ1v) is 9.43. The highest BCUT2D eigenvalue weighted by molar-refractivity contribution is 7.13. The normalized spacial score (nSPS) is 15.4. The van der Waals surface area contributed by atoms with Gasteiger partial charge in [0.05, 0.1) is 17.0 Å². The van der Waals surface area contributed by atoms with Gasteiger partial charge in [-0.05, 0) is 37.1 Å². The second-order valence-electron chi connectivity index (χ2n) is 6.44. The number of hydrogen-bond acceptors (Lipinski definition) is 5. The van der Waals surface area contributed by atoms with Gasteiger partial charge in [0.1, 0.15) is 5.76 Å². The maximum atomic E-state index is 12.6. The predicted molar refractivity (Wildman–Crippen MR) is 96.2 cm³/mol. The SMILES string of the molecule is CC(=O)NCC1CCN(C(=O)Cc2nc(-c3cccs3)oc2C)CC1. The molecule has 0 spiro atoms. The zero-order chi connectivity index (χ0) is 17.8. The molecule has 6 nitrogen and oxygen atoms in total. The first-order chi connectivity index (χ1) is 12.0. The summed E-state index contributed by atoms with van der Waals surface area (Å²) in [6.45, 7) is 5.55. The van der Waals surface area contributed by atoms with Crippen molar-refractivity contribution in [3.05, 3.63) is 29.0 Å². The minimum atomic E-state index is 0.00144. The highest BCUT2D eigenvalue weighted by Gasteiger charge is 2.24. The van der Waals surface area contributed by atoms with Crippen molar-refractivity contribution >= 4 is 23.2 Å². The monoisotopic (exact) mass is 361 g/mol. The first kappa shape index (κ1) is 17.7. The molecule has 2 aromatic rings. The Bertz CT molecular complexity index is 731. The summed E-state index contributed by atoms with van der Waals surface area (Å²) in [5.74, 6) is 1.84. The van der Waals surface area contributed by atoms with Gasteiger partial charge in [0.15, 0.2) is 0 Å². The van der Waals surface area contributed by atoms with Gasteiger partial charge in [0.25, 0.3) is 0 Å². The maximum Gasteiger partial charge on any atom is 0.236 e. The Morgan fingerprint density at radius 2 is 2.16 bits per heavy atom. The van der Waals surface area contributed by atoms with Crippen LogP contribution in [0.5, 0.6) is 0 Å². The molecule has 0 atom stereocenters. The zero-order valence-electron chi connectivity index (χ0n) is 14.6. The van der Waals surface area contributed by atoms with E-state index in [2.05, 4.69) is 10.3 Å². The van der Waals surface area contributed by atoms with Gasteiger partial charge in [-0.1, -0.05) is 6.07 Å². The number of carbonyl (C=O) groups is 2. The van der Waals surface area contributed by atoms with Crippen LogP contribution < -0.4 is 5.32 Å². The number of piperidine rings is 1. The Hall–Kier alpha value is -2.15. The van der Waals surface area contributed by atoms with Crippen LogP contribution in [0.2, 0.25) is 0 Å². The summed E-state index contributed by atoms with van der Waals surface area (Å²) < 4.78 is 5.71. The largest absolute Gasteiger partial charge is 0.440 e. The van der Waals surface area contributed by atoms with E-state index in [4.69, 9.17) is 4.42 Å². The molecule has 2 aromatic heterocycles. The molecule has 1 saturated heterocycles. The van der Waals surface area contributed by atoms with Crippen molar-refractivity contribution in [2.24, 2.45) is 5.92 Å². The molecule has 0 aromatic carbocycles. The van der Waals surface area contributed by atoms with E-state index in [9.17, 15) is 9.59 Å². The molecule has 0 bridgehead atoms. The molecule has 0 saturated carbocycles. The minimum absolute atomic E-state index is 0.00144. The van der Waals surface area contributed by atoms with Crippen molar-refractivity contribution in [1.82, 2.24) is 15.2 Å². The lowest BCUT2D eigenvalue weighted by molar-refractivity contribution is -0.132. The predicted octanol–water partition coefficient (Wildman–Crippen LogP) is 2.63. The third-order valence-corrected chi connectivity index (χ3v) is 5.41. The molecule has 1 N–H and O–H groups in total. The number of hydrogen-bond donors (Lipinski definition) is 1. The fourth-order valence-electron chi connectivity index (χ4n) is 3.03. The average Bonchev–Trinajstić information content (AvgIpc) is 3.24. The fraction of sp³-hybridized carbons (Fsp3) is 0.500. The van der Waals surface area contributed by atoms with E-state index < -0.39 is 0 Å². The molecule has 7 heteroatoms. The number of oxazole rings is 1. The number of aromatic nitrogens is 1. The molecule has 3 heterocycles. The summed E-state index contributed by atoms with van der Waals surface area (Å²) in [4.78, 5) is 30.9. The molecule has 0 unspecified atom stereocenters. The number of nitrogens with zero attached hydrogens (tertiary/aromatic N) is 2. The van der Waals surface area contributed by atoms with Crippen LogP contribution in [0, 0.1) is 12.8 Å². The van der Waals surface area contributed by atoms with E-state index in [0.717, 1.165) is 30.8 Å². The number of amides is 2. The Morgan fingerprint density at radius 3 is 2.80 bits per heavy atom. The van der Waals surface area contributed by atoms with Crippen LogP contribution in [0.15, 0.2) is 21.9 Å². The molecule has 0 radical (unpaired) electrons. The molecule has 1 fully saturated rings. The summed E-state index contributed by atoms with van der Waals surface area (Å²) in [6.07, 6.45) is 2.12. The van der Waals surface area contributed by atoms with Crippen molar-refractivity contribution in [3.63, 3.8) is 0 Å². The van der Waals surface area contributed by atoms with Crippen LogP contribution in [0.3, 0.4) is 0 Å². The van der Waals surface area contributed by atoms with Crippen LogP contribution in [0.25, 0.3) is 10.8 Å².